The fourth-order valence-corrected chi connectivity index (χ4v) is 5.12. The predicted molar refractivity (Wildman–Crippen MR) is 135 cm³/mol. The number of halogens is 5. The molecule has 2 aliphatic rings. The minimum Gasteiger partial charge on any atom is -0.355 e. The number of alkyl halides is 3. The van der Waals surface area contributed by atoms with Crippen LogP contribution < -0.4 is 15.1 Å². The van der Waals surface area contributed by atoms with Crippen molar-refractivity contribution < 1.29 is 27.2 Å². The highest BCUT2D eigenvalue weighted by Gasteiger charge is 2.57. The molecule has 2 heterocycles. The van der Waals surface area contributed by atoms with Crippen LogP contribution in [0.1, 0.15) is 34.3 Å². The fraction of sp³-hybridized carbons (Fsp3) is 0.333. The molecule has 1 spiro atoms. The number of amides is 2. The number of hydrogen-bond donors (Lipinski definition) is 1. The number of likely N-dealkylation sites (tertiary alicyclic amines) is 1. The van der Waals surface area contributed by atoms with E-state index in [4.69, 9.17) is 17.5 Å². The lowest BCUT2D eigenvalue weighted by Crippen LogP contribution is -2.56. The number of hydrogen-bond acceptors (Lipinski definition) is 5. The van der Waals surface area contributed by atoms with E-state index >= 15 is 0 Å². The van der Waals surface area contributed by atoms with Crippen molar-refractivity contribution in [1.29, 1.82) is 5.26 Å². The summed E-state index contributed by atoms with van der Waals surface area (Å²) in [6, 6.07) is 8.29. The molecule has 0 unspecified atom stereocenters. The van der Waals surface area contributed by atoms with Crippen molar-refractivity contribution in [3.05, 3.63) is 58.9 Å². The molecular weight excluding hydrogens is 534 g/mol. The minimum atomic E-state index is -4.82. The molecule has 4 rings (SSSR count). The number of nitrogens with zero attached hydrogens (tertiary/aromatic N) is 4. The van der Waals surface area contributed by atoms with E-state index in [1.165, 1.54) is 36.2 Å². The summed E-state index contributed by atoms with van der Waals surface area (Å²) in [5.41, 5.74) is -3.16. The van der Waals surface area contributed by atoms with Gasteiger partial charge in [-0.15, -0.1) is 12.4 Å². The third-order valence-electron chi connectivity index (χ3n) is 6.60. The SMILES string of the molecule is CNC(=O)c1ccc(N2C(=S)N(c3ccc(C#N)c(C(F)(F)F)c3)C(=O)C23CCN(C)CC3)cc1F.Cl. The molecule has 0 bridgehead atoms. The van der Waals surface area contributed by atoms with Gasteiger partial charge in [0.25, 0.3) is 11.8 Å². The molecule has 0 saturated carbocycles. The van der Waals surface area contributed by atoms with Crippen LogP contribution in [0.15, 0.2) is 36.4 Å². The van der Waals surface area contributed by atoms with Crippen LogP contribution in [0.3, 0.4) is 0 Å². The first kappa shape index (κ1) is 28.3. The molecule has 1 N–H and O–H groups in total. The maximum absolute atomic E-state index is 14.9. The Labute approximate surface area is 222 Å². The maximum atomic E-state index is 14.9. The molecular formula is C24H22ClF4N5O2S. The first-order chi connectivity index (χ1) is 16.9. The standard InChI is InChI=1S/C24H21F4N5O2S.ClH/c1-30-20(34)17-6-5-16(12-19(17)25)33-22(36)32(21(35)23(33)7-9-31(2)10-8-23)15-4-3-14(13-29)18(11-15)24(26,27)28;/h3-6,11-12H,7-10H2,1-2H3,(H,30,34);1H. The van der Waals surface area contributed by atoms with Crippen molar-refractivity contribution in [2.45, 2.75) is 24.6 Å². The smallest absolute Gasteiger partial charge is 0.355 e. The second-order valence-corrected chi connectivity index (χ2v) is 9.04. The Hall–Kier alpha value is -3.27. The van der Waals surface area contributed by atoms with Gasteiger partial charge in [0.15, 0.2) is 5.11 Å². The monoisotopic (exact) mass is 555 g/mol. The lowest BCUT2D eigenvalue weighted by Gasteiger charge is -2.41. The van der Waals surface area contributed by atoms with Crippen LogP contribution >= 0.6 is 24.6 Å². The number of rotatable bonds is 3. The van der Waals surface area contributed by atoms with Crippen molar-refractivity contribution >= 4 is 52.9 Å². The van der Waals surface area contributed by atoms with E-state index in [0.29, 0.717) is 25.9 Å². The Morgan fingerprint density at radius 1 is 1.14 bits per heavy atom. The Morgan fingerprint density at radius 2 is 1.76 bits per heavy atom. The number of piperidine rings is 1. The van der Waals surface area contributed by atoms with Gasteiger partial charge in [-0.1, -0.05) is 0 Å². The van der Waals surface area contributed by atoms with Gasteiger partial charge in [-0.05, 0) is 68.5 Å². The van der Waals surface area contributed by atoms with Gasteiger partial charge in [0.1, 0.15) is 11.4 Å². The molecule has 2 aromatic carbocycles. The van der Waals surface area contributed by atoms with Gasteiger partial charge < -0.3 is 15.1 Å². The second-order valence-electron chi connectivity index (χ2n) is 8.68. The number of carbonyl (C=O) groups excluding carboxylic acids is 2. The van der Waals surface area contributed by atoms with Crippen molar-refractivity contribution in [1.82, 2.24) is 10.2 Å². The van der Waals surface area contributed by atoms with Crippen LogP contribution in [-0.4, -0.2) is 54.6 Å². The fourth-order valence-electron chi connectivity index (χ4n) is 4.65. The number of carbonyl (C=O) groups is 2. The van der Waals surface area contributed by atoms with Crippen LogP contribution in [-0.2, 0) is 11.0 Å². The Balaban J connectivity index is 0.00000380. The highest BCUT2D eigenvalue weighted by molar-refractivity contribution is 7.81. The normalized spacial score (nSPS) is 17.5. The summed E-state index contributed by atoms with van der Waals surface area (Å²) in [5.74, 6) is -2.00. The van der Waals surface area contributed by atoms with Crippen molar-refractivity contribution in [2.75, 3.05) is 37.0 Å². The lowest BCUT2D eigenvalue weighted by atomic mass is 9.85. The molecule has 2 amide bonds. The molecule has 37 heavy (non-hydrogen) atoms. The molecule has 0 atom stereocenters. The van der Waals surface area contributed by atoms with E-state index in [0.717, 1.165) is 23.1 Å². The summed E-state index contributed by atoms with van der Waals surface area (Å²) in [6.07, 6.45) is -4.24. The van der Waals surface area contributed by atoms with Gasteiger partial charge in [-0.25, -0.2) is 4.39 Å². The third-order valence-corrected chi connectivity index (χ3v) is 6.96. The molecule has 2 aromatic rings. The highest BCUT2D eigenvalue weighted by Crippen LogP contribution is 2.44. The van der Waals surface area contributed by atoms with E-state index in [1.54, 1.807) is 0 Å². The van der Waals surface area contributed by atoms with Gasteiger partial charge in [0.2, 0.25) is 0 Å². The first-order valence-corrected chi connectivity index (χ1v) is 11.4. The lowest BCUT2D eigenvalue weighted by molar-refractivity contribution is -0.137. The van der Waals surface area contributed by atoms with Gasteiger partial charge in [-0.2, -0.15) is 18.4 Å². The Morgan fingerprint density at radius 3 is 2.30 bits per heavy atom. The van der Waals surface area contributed by atoms with Crippen molar-refractivity contribution in [2.24, 2.45) is 0 Å². The zero-order valence-corrected chi connectivity index (χ0v) is 21.4. The van der Waals surface area contributed by atoms with E-state index < -0.39 is 40.5 Å². The largest absolute Gasteiger partial charge is 0.417 e. The van der Waals surface area contributed by atoms with E-state index in [2.05, 4.69) is 5.32 Å². The Bertz CT molecular complexity index is 1310. The number of anilines is 2. The summed E-state index contributed by atoms with van der Waals surface area (Å²) < 4.78 is 55.8. The van der Waals surface area contributed by atoms with Gasteiger partial charge in [0, 0.05) is 25.8 Å². The zero-order chi connectivity index (χ0) is 26.4. The number of thiocarbonyl (C=S) groups is 1. The minimum absolute atomic E-state index is 0. The Kier molecular flexibility index (Phi) is 7.83. The molecule has 7 nitrogen and oxygen atoms in total. The maximum Gasteiger partial charge on any atom is 0.417 e. The van der Waals surface area contributed by atoms with Gasteiger partial charge >= 0.3 is 6.18 Å². The third kappa shape index (κ3) is 4.74. The number of benzene rings is 2. The number of nitrogens with one attached hydrogen (secondary N) is 1. The summed E-state index contributed by atoms with van der Waals surface area (Å²) in [7, 11) is 3.24. The summed E-state index contributed by atoms with van der Waals surface area (Å²) in [6.45, 7) is 0.997. The molecule has 13 heteroatoms. The van der Waals surface area contributed by atoms with E-state index in [9.17, 15) is 27.2 Å². The number of nitriles is 1. The van der Waals surface area contributed by atoms with E-state index in [-0.39, 0.29) is 34.5 Å². The quantitative estimate of drug-likeness (QED) is 0.454. The molecule has 0 radical (unpaired) electrons. The van der Waals surface area contributed by atoms with Gasteiger partial charge in [0.05, 0.1) is 28.4 Å². The first-order valence-electron chi connectivity index (χ1n) is 10.9. The van der Waals surface area contributed by atoms with Crippen LogP contribution in [0.2, 0.25) is 0 Å². The summed E-state index contributed by atoms with van der Waals surface area (Å²) >= 11 is 5.60. The topological polar surface area (TPSA) is 79.7 Å². The average Bonchev–Trinajstić information content (AvgIpc) is 3.05. The second kappa shape index (κ2) is 10.2. The molecule has 2 aliphatic heterocycles. The molecule has 2 saturated heterocycles. The van der Waals surface area contributed by atoms with Crippen molar-refractivity contribution in [3.8, 4) is 6.07 Å². The molecule has 0 aromatic heterocycles. The molecule has 196 valence electrons. The van der Waals surface area contributed by atoms with Crippen LogP contribution in [0, 0.1) is 17.1 Å². The summed E-state index contributed by atoms with van der Waals surface area (Å²) in [5, 5.41) is 11.4. The van der Waals surface area contributed by atoms with Crippen LogP contribution in [0.5, 0.6) is 0 Å². The van der Waals surface area contributed by atoms with E-state index in [1.807, 2.05) is 11.9 Å². The highest BCUT2D eigenvalue weighted by atomic mass is 35.5. The van der Waals surface area contributed by atoms with Crippen molar-refractivity contribution in [3.63, 3.8) is 0 Å². The molecule has 2 fully saturated rings. The van der Waals surface area contributed by atoms with Crippen LogP contribution in [0.25, 0.3) is 0 Å². The van der Waals surface area contributed by atoms with Gasteiger partial charge in [-0.3, -0.25) is 14.5 Å². The van der Waals surface area contributed by atoms with Crippen LogP contribution in [0.4, 0.5) is 28.9 Å². The predicted octanol–water partition coefficient (Wildman–Crippen LogP) is 4.10. The average molecular weight is 556 g/mol. The molecule has 0 aliphatic carbocycles. The zero-order valence-electron chi connectivity index (χ0n) is 19.7. The summed E-state index contributed by atoms with van der Waals surface area (Å²) in [4.78, 5) is 30.3.